The SMILES string of the molecule is CC(CO)CSCCCC(C)(NC1CC1)C(=O)O. The van der Waals surface area contributed by atoms with E-state index in [9.17, 15) is 9.90 Å². The maximum absolute atomic E-state index is 11.3. The Morgan fingerprint density at radius 3 is 2.72 bits per heavy atom. The molecule has 1 aliphatic rings. The summed E-state index contributed by atoms with van der Waals surface area (Å²) in [5, 5.41) is 21.4. The van der Waals surface area contributed by atoms with Gasteiger partial charge in [-0.25, -0.2) is 0 Å². The molecule has 0 radical (unpaired) electrons. The molecular formula is C13H25NO3S. The van der Waals surface area contributed by atoms with E-state index in [0.717, 1.165) is 30.8 Å². The number of nitrogens with one attached hydrogen (secondary N) is 1. The van der Waals surface area contributed by atoms with Crippen LogP contribution >= 0.6 is 11.8 Å². The van der Waals surface area contributed by atoms with Crippen molar-refractivity contribution in [2.45, 2.75) is 51.1 Å². The van der Waals surface area contributed by atoms with Crippen molar-refractivity contribution >= 4 is 17.7 Å². The Balaban J connectivity index is 2.19. The quantitative estimate of drug-likeness (QED) is 0.530. The molecule has 5 heteroatoms. The average molecular weight is 275 g/mol. The second-order valence-corrected chi connectivity index (χ2v) is 6.67. The minimum Gasteiger partial charge on any atom is -0.480 e. The van der Waals surface area contributed by atoms with Crippen LogP contribution in [0, 0.1) is 5.92 Å². The fourth-order valence-corrected chi connectivity index (χ4v) is 2.81. The Labute approximate surface area is 114 Å². The zero-order chi connectivity index (χ0) is 13.6. The Morgan fingerprint density at radius 2 is 2.22 bits per heavy atom. The molecule has 2 atom stereocenters. The molecule has 0 heterocycles. The summed E-state index contributed by atoms with van der Waals surface area (Å²) in [6.45, 7) is 4.03. The lowest BCUT2D eigenvalue weighted by Gasteiger charge is -2.26. The van der Waals surface area contributed by atoms with Gasteiger partial charge in [-0.2, -0.15) is 11.8 Å². The van der Waals surface area contributed by atoms with Crippen LogP contribution in [0.25, 0.3) is 0 Å². The molecule has 1 rings (SSSR count). The Kier molecular flexibility index (Phi) is 6.46. The molecule has 0 bridgehead atoms. The number of thioether (sulfide) groups is 1. The monoisotopic (exact) mass is 275 g/mol. The van der Waals surface area contributed by atoms with Gasteiger partial charge in [0.05, 0.1) is 0 Å². The van der Waals surface area contributed by atoms with Crippen molar-refractivity contribution in [1.29, 1.82) is 0 Å². The van der Waals surface area contributed by atoms with Crippen molar-refractivity contribution in [3.63, 3.8) is 0 Å². The number of aliphatic hydroxyl groups is 1. The van der Waals surface area contributed by atoms with E-state index in [1.807, 2.05) is 6.92 Å². The molecule has 3 N–H and O–H groups in total. The number of aliphatic hydroxyl groups excluding tert-OH is 1. The van der Waals surface area contributed by atoms with E-state index in [-0.39, 0.29) is 6.61 Å². The van der Waals surface area contributed by atoms with Gasteiger partial charge in [-0.05, 0) is 50.0 Å². The van der Waals surface area contributed by atoms with Gasteiger partial charge >= 0.3 is 5.97 Å². The molecule has 18 heavy (non-hydrogen) atoms. The summed E-state index contributed by atoms with van der Waals surface area (Å²) in [5.74, 6) is 1.48. The standard InChI is InChI=1S/C13H25NO3S/c1-10(8-15)9-18-7-3-6-13(2,12(16)17)14-11-4-5-11/h10-11,14-15H,3-9H2,1-2H3,(H,16,17). The lowest BCUT2D eigenvalue weighted by atomic mass is 9.96. The molecular weight excluding hydrogens is 250 g/mol. The van der Waals surface area contributed by atoms with Crippen LogP contribution in [-0.4, -0.2) is 45.9 Å². The second-order valence-electron chi connectivity index (χ2n) is 5.52. The van der Waals surface area contributed by atoms with E-state index < -0.39 is 11.5 Å². The summed E-state index contributed by atoms with van der Waals surface area (Å²) < 4.78 is 0. The fourth-order valence-electron chi connectivity index (χ4n) is 1.78. The molecule has 2 unspecified atom stereocenters. The Bertz CT molecular complexity index is 271. The molecule has 1 saturated carbocycles. The predicted octanol–water partition coefficient (Wildman–Crippen LogP) is 1.72. The molecule has 0 aromatic rings. The van der Waals surface area contributed by atoms with Gasteiger partial charge < -0.3 is 10.2 Å². The topological polar surface area (TPSA) is 69.6 Å². The number of hydrogen-bond donors (Lipinski definition) is 3. The first kappa shape index (κ1) is 15.8. The minimum atomic E-state index is -0.773. The van der Waals surface area contributed by atoms with Crippen molar-refractivity contribution in [1.82, 2.24) is 5.32 Å². The first-order valence-corrected chi connectivity index (χ1v) is 7.83. The van der Waals surface area contributed by atoms with Gasteiger partial charge in [-0.3, -0.25) is 10.1 Å². The number of carboxylic acid groups (broad SMARTS) is 1. The smallest absolute Gasteiger partial charge is 0.323 e. The average Bonchev–Trinajstić information content (AvgIpc) is 3.11. The number of carbonyl (C=O) groups is 1. The lowest BCUT2D eigenvalue weighted by Crippen LogP contribution is -2.50. The fraction of sp³-hybridized carbons (Fsp3) is 0.923. The molecule has 0 aliphatic heterocycles. The summed E-state index contributed by atoms with van der Waals surface area (Å²) in [5.41, 5.74) is -0.773. The number of hydrogen-bond acceptors (Lipinski definition) is 4. The van der Waals surface area contributed by atoms with E-state index in [0.29, 0.717) is 18.4 Å². The van der Waals surface area contributed by atoms with Gasteiger partial charge in [0.2, 0.25) is 0 Å². The molecule has 0 aromatic carbocycles. The van der Waals surface area contributed by atoms with Crippen molar-refractivity contribution in [2.75, 3.05) is 18.1 Å². The van der Waals surface area contributed by atoms with Gasteiger partial charge in [-0.1, -0.05) is 6.92 Å². The van der Waals surface area contributed by atoms with E-state index in [2.05, 4.69) is 5.32 Å². The van der Waals surface area contributed by atoms with E-state index in [1.54, 1.807) is 18.7 Å². The normalized spacial score (nSPS) is 20.4. The van der Waals surface area contributed by atoms with Crippen molar-refractivity contribution < 1.29 is 15.0 Å². The van der Waals surface area contributed by atoms with Crippen LogP contribution in [0.4, 0.5) is 0 Å². The number of carboxylic acids is 1. The second kappa shape index (κ2) is 7.36. The highest BCUT2D eigenvalue weighted by molar-refractivity contribution is 7.99. The first-order chi connectivity index (χ1) is 8.48. The molecule has 1 fully saturated rings. The first-order valence-electron chi connectivity index (χ1n) is 6.67. The van der Waals surface area contributed by atoms with E-state index in [4.69, 9.17) is 5.11 Å². The van der Waals surface area contributed by atoms with Gasteiger partial charge in [0.1, 0.15) is 5.54 Å². The predicted molar refractivity (Wildman–Crippen MR) is 75.0 cm³/mol. The molecule has 4 nitrogen and oxygen atoms in total. The van der Waals surface area contributed by atoms with E-state index in [1.165, 1.54) is 0 Å². The number of rotatable bonds is 10. The largest absolute Gasteiger partial charge is 0.480 e. The Morgan fingerprint density at radius 1 is 1.56 bits per heavy atom. The highest BCUT2D eigenvalue weighted by Crippen LogP contribution is 2.25. The molecule has 1 aliphatic carbocycles. The molecule has 106 valence electrons. The summed E-state index contributed by atoms with van der Waals surface area (Å²) >= 11 is 1.79. The third kappa shape index (κ3) is 5.59. The molecule has 0 aromatic heterocycles. The third-order valence-corrected chi connectivity index (χ3v) is 4.63. The van der Waals surface area contributed by atoms with Gasteiger partial charge in [0.25, 0.3) is 0 Å². The summed E-state index contributed by atoms with van der Waals surface area (Å²) in [6, 6.07) is 0.410. The van der Waals surface area contributed by atoms with Crippen LogP contribution in [0.3, 0.4) is 0 Å². The van der Waals surface area contributed by atoms with Gasteiger partial charge in [0.15, 0.2) is 0 Å². The Hall–Kier alpha value is -0.260. The van der Waals surface area contributed by atoms with Crippen molar-refractivity contribution in [3.8, 4) is 0 Å². The molecule has 0 amide bonds. The van der Waals surface area contributed by atoms with E-state index >= 15 is 0 Å². The molecule has 0 spiro atoms. The summed E-state index contributed by atoms with van der Waals surface area (Å²) in [4.78, 5) is 11.3. The van der Waals surface area contributed by atoms with Gasteiger partial charge in [0, 0.05) is 12.6 Å². The maximum Gasteiger partial charge on any atom is 0.323 e. The highest BCUT2D eigenvalue weighted by Gasteiger charge is 2.37. The van der Waals surface area contributed by atoms with Gasteiger partial charge in [-0.15, -0.1) is 0 Å². The van der Waals surface area contributed by atoms with Crippen LogP contribution in [0.2, 0.25) is 0 Å². The molecule has 0 saturated heterocycles. The maximum atomic E-state index is 11.3. The van der Waals surface area contributed by atoms with Crippen molar-refractivity contribution in [2.24, 2.45) is 5.92 Å². The van der Waals surface area contributed by atoms with Crippen LogP contribution < -0.4 is 5.32 Å². The summed E-state index contributed by atoms with van der Waals surface area (Å²) in [6.07, 6.45) is 3.77. The third-order valence-electron chi connectivity index (χ3n) is 3.25. The highest BCUT2D eigenvalue weighted by atomic mass is 32.2. The van der Waals surface area contributed by atoms with Crippen LogP contribution in [-0.2, 0) is 4.79 Å². The summed E-state index contributed by atoms with van der Waals surface area (Å²) in [7, 11) is 0. The lowest BCUT2D eigenvalue weighted by molar-refractivity contribution is -0.144. The number of aliphatic carboxylic acids is 1. The zero-order valence-electron chi connectivity index (χ0n) is 11.3. The van der Waals surface area contributed by atoms with Crippen LogP contribution in [0.15, 0.2) is 0 Å². The van der Waals surface area contributed by atoms with Crippen LogP contribution in [0.1, 0.15) is 39.5 Å². The zero-order valence-corrected chi connectivity index (χ0v) is 12.1. The van der Waals surface area contributed by atoms with Crippen molar-refractivity contribution in [3.05, 3.63) is 0 Å². The minimum absolute atomic E-state index is 0.225. The van der Waals surface area contributed by atoms with Crippen LogP contribution in [0.5, 0.6) is 0 Å².